The topological polar surface area (TPSA) is 141 Å². The molecule has 1 aliphatic rings. The number of ether oxygens (including phenoxy) is 1. The Balaban J connectivity index is 2.17. The molecule has 1 aromatic rings. The summed E-state index contributed by atoms with van der Waals surface area (Å²) in [6.07, 6.45) is -2.17. The van der Waals surface area contributed by atoms with Gasteiger partial charge in [0.2, 0.25) is 5.91 Å². The van der Waals surface area contributed by atoms with Gasteiger partial charge in [-0.3, -0.25) is 14.6 Å². The fraction of sp³-hybridized carbons (Fsp3) is 0.500. The van der Waals surface area contributed by atoms with Gasteiger partial charge in [0.05, 0.1) is 12.2 Å². The summed E-state index contributed by atoms with van der Waals surface area (Å²) in [6.45, 7) is 0.682. The number of hydrogen-bond acceptors (Lipinski definition) is 7. The number of carbonyl (C=O) groups excluding carboxylic acids is 2. The van der Waals surface area contributed by atoms with E-state index in [1.807, 2.05) is 0 Å². The summed E-state index contributed by atoms with van der Waals surface area (Å²) in [6, 6.07) is 2.05. The highest BCUT2D eigenvalue weighted by Gasteiger charge is 2.45. The van der Waals surface area contributed by atoms with Crippen molar-refractivity contribution in [2.75, 3.05) is 6.61 Å². The molecule has 0 aromatic carbocycles. The molecule has 1 fully saturated rings. The summed E-state index contributed by atoms with van der Waals surface area (Å²) in [5.41, 5.74) is 0.263. The molecule has 23 heavy (non-hydrogen) atoms. The molecule has 1 saturated heterocycles. The van der Waals surface area contributed by atoms with Gasteiger partial charge in [0.25, 0.3) is 5.91 Å². The molecule has 0 saturated carbocycles. The largest absolute Gasteiger partial charge is 0.394 e. The maximum atomic E-state index is 12.2. The molecule has 5 atom stereocenters. The van der Waals surface area contributed by atoms with Gasteiger partial charge in [-0.25, -0.2) is 0 Å². The Morgan fingerprint density at radius 2 is 2.04 bits per heavy atom. The molecule has 5 N–H and O–H groups in total. The number of carbonyl (C=O) groups is 2. The first-order valence-corrected chi connectivity index (χ1v) is 7.04. The molecule has 9 nitrogen and oxygen atoms in total. The average molecular weight is 325 g/mol. The molecule has 0 bridgehead atoms. The lowest BCUT2D eigenvalue weighted by molar-refractivity contribution is -0.199. The van der Waals surface area contributed by atoms with Crippen molar-refractivity contribution in [1.29, 1.82) is 0 Å². The van der Waals surface area contributed by atoms with Crippen LogP contribution in [0, 0.1) is 0 Å². The van der Waals surface area contributed by atoms with E-state index in [4.69, 9.17) is 4.74 Å². The smallest absolute Gasteiger partial charge is 0.254 e. The minimum atomic E-state index is -1.41. The molecule has 0 spiro atoms. The zero-order valence-electron chi connectivity index (χ0n) is 12.4. The number of aromatic nitrogens is 1. The molecule has 126 valence electrons. The van der Waals surface area contributed by atoms with Crippen LogP contribution in [-0.4, -0.2) is 69.3 Å². The Morgan fingerprint density at radius 1 is 1.30 bits per heavy atom. The van der Waals surface area contributed by atoms with Gasteiger partial charge in [-0.2, -0.15) is 0 Å². The second kappa shape index (κ2) is 7.47. The van der Waals surface area contributed by atoms with Crippen molar-refractivity contribution < 1.29 is 29.6 Å². The van der Waals surface area contributed by atoms with Gasteiger partial charge in [-0.05, 0) is 12.1 Å². The predicted octanol–water partition coefficient (Wildman–Crippen LogP) is -2.24. The number of amides is 2. The van der Waals surface area contributed by atoms with Gasteiger partial charge in [-0.1, -0.05) is 0 Å². The van der Waals surface area contributed by atoms with E-state index in [0.717, 1.165) is 0 Å². The number of aliphatic hydroxyl groups is 3. The Kier molecular flexibility index (Phi) is 5.61. The van der Waals surface area contributed by atoms with Crippen LogP contribution in [0.15, 0.2) is 24.5 Å². The Labute approximate surface area is 132 Å². The molecule has 2 heterocycles. The van der Waals surface area contributed by atoms with Gasteiger partial charge in [0.1, 0.15) is 24.4 Å². The van der Waals surface area contributed by atoms with Crippen LogP contribution in [-0.2, 0) is 9.53 Å². The third-order valence-corrected chi connectivity index (χ3v) is 3.49. The van der Waals surface area contributed by atoms with E-state index >= 15 is 0 Å². The third-order valence-electron chi connectivity index (χ3n) is 3.49. The SMILES string of the molecule is CC(=O)N[C@@H]1[C@@H](O)[C@H](O)[C@@H](CO)O[C@H]1NC(=O)c1cccnc1. The summed E-state index contributed by atoms with van der Waals surface area (Å²) in [4.78, 5) is 27.3. The average Bonchev–Trinajstić information content (AvgIpc) is 2.54. The predicted molar refractivity (Wildman–Crippen MR) is 77.1 cm³/mol. The van der Waals surface area contributed by atoms with E-state index in [9.17, 15) is 24.9 Å². The number of hydrogen-bond donors (Lipinski definition) is 5. The highest BCUT2D eigenvalue weighted by molar-refractivity contribution is 5.94. The molecule has 1 aromatic heterocycles. The maximum Gasteiger partial charge on any atom is 0.254 e. The van der Waals surface area contributed by atoms with Gasteiger partial charge in [0, 0.05) is 19.3 Å². The molecular weight excluding hydrogens is 306 g/mol. The third kappa shape index (κ3) is 4.02. The van der Waals surface area contributed by atoms with Crippen LogP contribution in [0.3, 0.4) is 0 Å². The van der Waals surface area contributed by atoms with E-state index in [1.165, 1.54) is 25.4 Å². The number of nitrogens with zero attached hydrogens (tertiary/aromatic N) is 1. The first kappa shape index (κ1) is 17.3. The molecule has 9 heteroatoms. The van der Waals surface area contributed by atoms with Crippen LogP contribution in [0.2, 0.25) is 0 Å². The first-order valence-electron chi connectivity index (χ1n) is 7.04. The molecule has 0 radical (unpaired) electrons. The quantitative estimate of drug-likeness (QED) is 0.421. The lowest BCUT2D eigenvalue weighted by Crippen LogP contribution is -2.68. The van der Waals surface area contributed by atoms with Crippen LogP contribution in [0.4, 0.5) is 0 Å². The number of aliphatic hydroxyl groups excluding tert-OH is 3. The van der Waals surface area contributed by atoms with Crippen LogP contribution < -0.4 is 10.6 Å². The van der Waals surface area contributed by atoms with Crippen molar-refractivity contribution in [2.45, 2.75) is 37.5 Å². The monoisotopic (exact) mass is 325 g/mol. The number of nitrogens with one attached hydrogen (secondary N) is 2. The van der Waals surface area contributed by atoms with Crippen LogP contribution in [0.5, 0.6) is 0 Å². The van der Waals surface area contributed by atoms with Crippen molar-refractivity contribution in [1.82, 2.24) is 15.6 Å². The summed E-state index contributed by atoms with van der Waals surface area (Å²) in [5, 5.41) is 34.1. The summed E-state index contributed by atoms with van der Waals surface area (Å²) >= 11 is 0. The summed E-state index contributed by atoms with van der Waals surface area (Å²) in [7, 11) is 0. The zero-order chi connectivity index (χ0) is 17.0. The van der Waals surface area contributed by atoms with Gasteiger partial charge in [0.15, 0.2) is 6.23 Å². The van der Waals surface area contributed by atoms with Gasteiger partial charge < -0.3 is 30.7 Å². The van der Waals surface area contributed by atoms with Crippen molar-refractivity contribution in [3.63, 3.8) is 0 Å². The molecule has 2 rings (SSSR count). The fourth-order valence-corrected chi connectivity index (χ4v) is 2.35. The Bertz CT molecular complexity index is 555. The standard InChI is InChI=1S/C14H19N3O6/c1-7(19)16-10-12(21)11(20)9(6-18)23-14(10)17-13(22)8-3-2-4-15-5-8/h2-5,9-12,14,18,20-21H,6H2,1H3,(H,16,19)(H,17,22)/t9-,10-,11-,12-,14-/m1/s1. The van der Waals surface area contributed by atoms with Crippen molar-refractivity contribution >= 4 is 11.8 Å². The van der Waals surface area contributed by atoms with Gasteiger partial charge >= 0.3 is 0 Å². The van der Waals surface area contributed by atoms with Crippen molar-refractivity contribution in [3.8, 4) is 0 Å². The summed E-state index contributed by atoms with van der Waals surface area (Å²) in [5.74, 6) is -0.994. The lowest BCUT2D eigenvalue weighted by atomic mass is 9.95. The number of rotatable bonds is 4. The van der Waals surface area contributed by atoms with Crippen LogP contribution in [0.1, 0.15) is 17.3 Å². The van der Waals surface area contributed by atoms with Gasteiger partial charge in [-0.15, -0.1) is 0 Å². The maximum absolute atomic E-state index is 12.2. The minimum Gasteiger partial charge on any atom is -0.394 e. The lowest BCUT2D eigenvalue weighted by Gasteiger charge is -2.42. The Hall–Kier alpha value is -2.07. The van der Waals surface area contributed by atoms with Crippen LogP contribution in [0.25, 0.3) is 0 Å². The van der Waals surface area contributed by atoms with Crippen LogP contribution >= 0.6 is 0 Å². The van der Waals surface area contributed by atoms with E-state index < -0.39 is 49.0 Å². The molecule has 0 aliphatic carbocycles. The number of pyridine rings is 1. The second-order valence-electron chi connectivity index (χ2n) is 5.20. The molecule has 2 amide bonds. The molecule has 1 aliphatic heterocycles. The minimum absolute atomic E-state index is 0.263. The van der Waals surface area contributed by atoms with Crippen molar-refractivity contribution in [3.05, 3.63) is 30.1 Å². The highest BCUT2D eigenvalue weighted by atomic mass is 16.5. The van der Waals surface area contributed by atoms with E-state index in [-0.39, 0.29) is 5.56 Å². The Morgan fingerprint density at radius 3 is 2.61 bits per heavy atom. The summed E-state index contributed by atoms with van der Waals surface area (Å²) < 4.78 is 5.40. The van der Waals surface area contributed by atoms with E-state index in [2.05, 4.69) is 15.6 Å². The highest BCUT2D eigenvalue weighted by Crippen LogP contribution is 2.20. The normalized spacial score (nSPS) is 30.5. The van der Waals surface area contributed by atoms with Crippen molar-refractivity contribution in [2.24, 2.45) is 0 Å². The molecular formula is C14H19N3O6. The van der Waals surface area contributed by atoms with E-state index in [1.54, 1.807) is 6.07 Å². The fourth-order valence-electron chi connectivity index (χ4n) is 2.35. The second-order valence-corrected chi connectivity index (χ2v) is 5.20. The first-order chi connectivity index (χ1) is 10.9. The molecule has 0 unspecified atom stereocenters. The van der Waals surface area contributed by atoms with E-state index in [0.29, 0.717) is 0 Å². The zero-order valence-corrected chi connectivity index (χ0v) is 12.4.